The highest BCUT2D eigenvalue weighted by atomic mass is 16.3. The number of hydrogen-bond donors (Lipinski definition) is 10. The summed E-state index contributed by atoms with van der Waals surface area (Å²) in [7, 11) is 0. The zero-order valence-electron chi connectivity index (χ0n) is 53.2. The number of rotatable bonds is 17. The highest BCUT2D eigenvalue weighted by molar-refractivity contribution is 5.81. The molecule has 0 radical (unpaired) electrons. The first-order chi connectivity index (χ1) is 42.0. The molecule has 0 aliphatic heterocycles. The van der Waals surface area contributed by atoms with E-state index in [1.54, 1.807) is 139 Å². The first-order valence-electron chi connectivity index (χ1n) is 29.0. The predicted octanol–water partition coefficient (Wildman–Crippen LogP) is 15.5. The van der Waals surface area contributed by atoms with Crippen LogP contribution in [0, 0.1) is 122 Å². The molecular formula is C71H78N10O8. The molecule has 0 aliphatic rings. The van der Waals surface area contributed by atoms with Crippen molar-refractivity contribution in [2.75, 3.05) is 46.7 Å². The van der Waals surface area contributed by atoms with Crippen molar-refractivity contribution in [1.29, 1.82) is 5.26 Å². The van der Waals surface area contributed by atoms with Gasteiger partial charge in [-0.1, -0.05) is 6.07 Å². The summed E-state index contributed by atoms with van der Waals surface area (Å²) in [4.78, 5) is 0. The van der Waals surface area contributed by atoms with Gasteiger partial charge in [0.2, 0.25) is 0 Å². The lowest BCUT2D eigenvalue weighted by Gasteiger charge is -2.56. The number of aryl methyl sites for hydroxylation is 16. The number of hydrogen-bond acceptors (Lipinski definition) is 18. The second kappa shape index (κ2) is 24.4. The quantitative estimate of drug-likeness (QED) is 0.0302. The number of nitriles is 1. The Labute approximate surface area is 520 Å². The Hall–Kier alpha value is -10.9. The van der Waals surface area contributed by atoms with Gasteiger partial charge in [-0.3, -0.25) is 10.9 Å². The molecule has 89 heavy (non-hydrogen) atoms. The van der Waals surface area contributed by atoms with Crippen LogP contribution < -0.4 is 46.7 Å². The van der Waals surface area contributed by atoms with E-state index in [1.807, 2.05) is 129 Å². The van der Waals surface area contributed by atoms with E-state index in [4.69, 9.17) is 0 Å². The van der Waals surface area contributed by atoms with E-state index in [0.29, 0.717) is 146 Å². The molecule has 0 saturated heterocycles. The molecule has 0 atom stereocenters. The SMILES string of the molecule is Cc1cc(NN(c2cc(C)c(O)c(C)c2)N(c2cc(C)c(O)c(C)c2)N(c2cc(C)c(O)c(C)c2)N(c2cc(C)c(O)c(C)c2)N(c2cc(C)c(O)c(C)c2)N(c2cc(C)c(O)c(C)c2)N(Nc2cccc(C#N)c2)c2cc(C)c(O)c(C)c2)cc(C)c1O. The smallest absolute Gasteiger partial charge is 0.121 e. The largest absolute Gasteiger partial charge is 0.507 e. The van der Waals surface area contributed by atoms with Crippen molar-refractivity contribution >= 4 is 51.2 Å². The Morgan fingerprint density at radius 1 is 0.258 bits per heavy atom. The van der Waals surface area contributed by atoms with E-state index in [9.17, 15) is 46.1 Å². The minimum absolute atomic E-state index is 0.0230. The third kappa shape index (κ3) is 12.1. The molecule has 10 N–H and O–H groups in total. The molecule has 0 fully saturated rings. The van der Waals surface area contributed by atoms with Gasteiger partial charge < -0.3 is 40.9 Å². The molecule has 0 aliphatic carbocycles. The minimum atomic E-state index is 0.0230. The fourth-order valence-electron chi connectivity index (χ4n) is 11.2. The molecule has 0 aromatic heterocycles. The summed E-state index contributed by atoms with van der Waals surface area (Å²) in [5, 5.41) is 117. The number of phenolic OH excluding ortho intramolecular Hbond substituents is 8. The fourth-order valence-corrected chi connectivity index (χ4v) is 11.2. The summed E-state index contributed by atoms with van der Waals surface area (Å²) < 4.78 is 0. The zero-order valence-corrected chi connectivity index (χ0v) is 53.2. The average Bonchev–Trinajstić information content (AvgIpc) is 0.773. The van der Waals surface area contributed by atoms with Crippen LogP contribution in [0.5, 0.6) is 46.0 Å². The normalized spacial score (nSPS) is 11.0. The van der Waals surface area contributed by atoms with Gasteiger partial charge in [0.05, 0.1) is 62.8 Å². The van der Waals surface area contributed by atoms with Crippen molar-refractivity contribution in [2.24, 2.45) is 0 Å². The standard InChI is InChI=1S/C71H78N10O8/c1-38-20-56(21-39(2)64(38)82)74-76(58-24-42(5)66(84)43(6)25-58)78(60-28-46(9)68(86)47(10)29-60)80(62-32-50(13)70(88)51(14)33-62)81(63-34-52(15)71(89)53(16)35-63)79(61-30-48(11)69(87)49(12)31-61)77(59-26-44(7)67(85)45(8)27-59)75(57-22-40(3)65(83)41(4)23-57)73-55-19-17-18-54(36-55)37-72/h17-36,73-74,82-89H,1-16H3. The van der Waals surface area contributed by atoms with E-state index in [-0.39, 0.29) is 46.0 Å². The molecule has 0 unspecified atom stereocenters. The fraction of sp³-hybridized carbons (Fsp3) is 0.225. The van der Waals surface area contributed by atoms with Gasteiger partial charge in [0.15, 0.2) is 0 Å². The molecule has 18 nitrogen and oxygen atoms in total. The molecular weight excluding hydrogens is 1120 g/mol. The molecule has 0 spiro atoms. The van der Waals surface area contributed by atoms with Gasteiger partial charge in [0.1, 0.15) is 46.0 Å². The van der Waals surface area contributed by atoms with Crippen molar-refractivity contribution in [2.45, 2.75) is 111 Å². The maximum absolute atomic E-state index is 11.9. The third-order valence-electron chi connectivity index (χ3n) is 16.0. The summed E-state index contributed by atoms with van der Waals surface area (Å²) in [6, 6.07) is 38.3. The highest BCUT2D eigenvalue weighted by Crippen LogP contribution is 2.46. The predicted molar refractivity (Wildman–Crippen MR) is 356 cm³/mol. The topological polar surface area (TPSA) is 232 Å². The van der Waals surface area contributed by atoms with Gasteiger partial charge in [0, 0.05) is 0 Å². The van der Waals surface area contributed by atoms with Crippen LogP contribution >= 0.6 is 0 Å². The summed E-state index contributed by atoms with van der Waals surface area (Å²) in [5.41, 5.74) is 19.7. The number of phenols is 8. The maximum Gasteiger partial charge on any atom is 0.121 e. The van der Waals surface area contributed by atoms with Gasteiger partial charge in [-0.05, 0) is 315 Å². The summed E-state index contributed by atoms with van der Waals surface area (Å²) >= 11 is 0. The molecule has 9 aromatic carbocycles. The second-order valence-corrected chi connectivity index (χ2v) is 23.4. The van der Waals surface area contributed by atoms with Gasteiger partial charge in [-0.15, -0.1) is 0 Å². The molecule has 9 rings (SSSR count). The number of benzene rings is 9. The average molecular weight is 1200 g/mol. The van der Waals surface area contributed by atoms with Crippen molar-refractivity contribution in [3.63, 3.8) is 0 Å². The minimum Gasteiger partial charge on any atom is -0.507 e. The first-order valence-corrected chi connectivity index (χ1v) is 29.0. The van der Waals surface area contributed by atoms with Gasteiger partial charge in [-0.2, -0.15) is 41.1 Å². The maximum atomic E-state index is 11.9. The van der Waals surface area contributed by atoms with E-state index in [1.165, 1.54) is 0 Å². The van der Waals surface area contributed by atoms with Gasteiger partial charge in [0.25, 0.3) is 0 Å². The van der Waals surface area contributed by atoms with Crippen molar-refractivity contribution < 1.29 is 40.9 Å². The van der Waals surface area contributed by atoms with Gasteiger partial charge >= 0.3 is 0 Å². The van der Waals surface area contributed by atoms with E-state index >= 15 is 0 Å². The van der Waals surface area contributed by atoms with Crippen LogP contribution in [0.25, 0.3) is 0 Å². The lowest BCUT2D eigenvalue weighted by Crippen LogP contribution is -2.72. The summed E-state index contributed by atoms with van der Waals surface area (Å²) in [6.07, 6.45) is 0. The number of hydrazine groups is 8. The molecule has 0 heterocycles. The molecule has 9 aromatic rings. The Balaban J connectivity index is 1.59. The van der Waals surface area contributed by atoms with E-state index in [0.717, 1.165) is 0 Å². The number of nitrogens with one attached hydrogen (secondary N) is 2. The van der Waals surface area contributed by atoms with Crippen LogP contribution in [0.1, 0.15) is 94.6 Å². The number of aromatic hydroxyl groups is 8. The van der Waals surface area contributed by atoms with E-state index < -0.39 is 0 Å². The Morgan fingerprint density at radius 3 is 0.708 bits per heavy atom. The second-order valence-electron chi connectivity index (χ2n) is 23.4. The van der Waals surface area contributed by atoms with E-state index in [2.05, 4.69) is 16.9 Å². The Kier molecular flexibility index (Phi) is 17.2. The first kappa shape index (κ1) is 62.6. The van der Waals surface area contributed by atoms with Gasteiger partial charge in [-0.25, -0.2) is 0 Å². The molecule has 0 amide bonds. The summed E-state index contributed by atoms with van der Waals surface area (Å²) in [5.74, 6) is 0.394. The monoisotopic (exact) mass is 1200 g/mol. The Morgan fingerprint density at radius 2 is 0.461 bits per heavy atom. The summed E-state index contributed by atoms with van der Waals surface area (Å²) in [6.45, 7) is 28.7. The molecule has 460 valence electrons. The van der Waals surface area contributed by atoms with Crippen LogP contribution in [0.3, 0.4) is 0 Å². The molecule has 0 saturated carbocycles. The van der Waals surface area contributed by atoms with Crippen LogP contribution in [0.2, 0.25) is 0 Å². The molecule has 18 heteroatoms. The highest BCUT2D eigenvalue weighted by Gasteiger charge is 2.42. The zero-order chi connectivity index (χ0) is 64.9. The number of nitrogens with zero attached hydrogens (tertiary/aromatic N) is 8. The lowest BCUT2D eigenvalue weighted by molar-refractivity contribution is 0.464. The number of anilines is 9. The van der Waals surface area contributed by atoms with Crippen LogP contribution in [-0.4, -0.2) is 40.9 Å². The van der Waals surface area contributed by atoms with Crippen molar-refractivity contribution in [3.05, 3.63) is 216 Å². The third-order valence-corrected chi connectivity index (χ3v) is 16.0. The van der Waals surface area contributed by atoms with Crippen molar-refractivity contribution in [3.8, 4) is 52.1 Å². The molecule has 0 bridgehead atoms. The van der Waals surface area contributed by atoms with Crippen molar-refractivity contribution in [1.82, 2.24) is 0 Å². The van der Waals surface area contributed by atoms with Crippen LogP contribution in [-0.2, 0) is 0 Å². The Bertz CT molecular complexity index is 4130. The van der Waals surface area contributed by atoms with Crippen LogP contribution in [0.15, 0.2) is 121 Å². The van der Waals surface area contributed by atoms with Crippen LogP contribution in [0.4, 0.5) is 51.2 Å². The lowest BCUT2D eigenvalue weighted by atomic mass is 10.1.